The van der Waals surface area contributed by atoms with Gasteiger partial charge in [-0.3, -0.25) is 4.79 Å². The van der Waals surface area contributed by atoms with E-state index in [9.17, 15) is 9.59 Å². The first-order valence-corrected chi connectivity index (χ1v) is 13.6. The Morgan fingerprint density at radius 1 is 0.857 bits per heavy atom. The molecule has 2 aromatic carbocycles. The van der Waals surface area contributed by atoms with Crippen LogP contribution in [0.3, 0.4) is 0 Å². The van der Waals surface area contributed by atoms with Crippen LogP contribution in [0.25, 0.3) is 11.1 Å². The minimum absolute atomic E-state index is 0.0210. The summed E-state index contributed by atoms with van der Waals surface area (Å²) < 4.78 is 11.3. The molecule has 0 spiro atoms. The molecular weight excluding hydrogens is 436 g/mol. The molecule has 35 heavy (non-hydrogen) atoms. The molecule has 0 unspecified atom stereocenters. The highest BCUT2D eigenvalue weighted by atomic mass is 16.5. The summed E-state index contributed by atoms with van der Waals surface area (Å²) in [5.41, 5.74) is 2.56. The van der Waals surface area contributed by atoms with Crippen molar-refractivity contribution in [2.75, 3.05) is 0 Å². The first kappa shape index (κ1) is 27.0. The highest BCUT2D eigenvalue weighted by Crippen LogP contribution is 2.33. The lowest BCUT2D eigenvalue weighted by atomic mass is 9.80. The van der Waals surface area contributed by atoms with Gasteiger partial charge in [-0.05, 0) is 86.3 Å². The van der Waals surface area contributed by atoms with Crippen LogP contribution in [0, 0.1) is 17.8 Å². The van der Waals surface area contributed by atoms with Crippen molar-refractivity contribution >= 4 is 11.9 Å². The van der Waals surface area contributed by atoms with E-state index < -0.39 is 0 Å². The SMILES string of the molecule is CCCC1CCC(C(=O)Oc2ccc(-c3ccc(C(=O)O[C@H](C)CC(CC)CC)cc3)cc2)CC1. The summed E-state index contributed by atoms with van der Waals surface area (Å²) in [6.45, 7) is 8.55. The van der Waals surface area contributed by atoms with Crippen LogP contribution >= 0.6 is 0 Å². The van der Waals surface area contributed by atoms with Gasteiger partial charge in [-0.15, -0.1) is 0 Å². The van der Waals surface area contributed by atoms with Gasteiger partial charge >= 0.3 is 11.9 Å². The van der Waals surface area contributed by atoms with E-state index in [4.69, 9.17) is 9.47 Å². The Hall–Kier alpha value is -2.62. The van der Waals surface area contributed by atoms with Crippen molar-refractivity contribution in [2.24, 2.45) is 17.8 Å². The molecule has 1 aliphatic carbocycles. The van der Waals surface area contributed by atoms with Crippen molar-refractivity contribution in [2.45, 2.75) is 91.6 Å². The van der Waals surface area contributed by atoms with E-state index in [-0.39, 0.29) is 24.0 Å². The fourth-order valence-electron chi connectivity index (χ4n) is 5.20. The normalized spacial score (nSPS) is 18.8. The van der Waals surface area contributed by atoms with Crippen LogP contribution in [-0.2, 0) is 9.53 Å². The second kappa shape index (κ2) is 13.5. The van der Waals surface area contributed by atoms with E-state index in [1.54, 1.807) is 0 Å². The molecule has 1 atom stereocenters. The first-order valence-electron chi connectivity index (χ1n) is 13.6. The molecule has 1 aliphatic rings. The summed E-state index contributed by atoms with van der Waals surface area (Å²) in [6, 6.07) is 15.1. The van der Waals surface area contributed by atoms with Crippen LogP contribution in [0.2, 0.25) is 0 Å². The second-order valence-corrected chi connectivity index (χ2v) is 10.2. The average molecular weight is 479 g/mol. The molecule has 0 heterocycles. The zero-order chi connectivity index (χ0) is 25.2. The number of ether oxygens (including phenoxy) is 2. The maximum atomic E-state index is 12.6. The van der Waals surface area contributed by atoms with Crippen LogP contribution in [0.5, 0.6) is 5.75 Å². The number of rotatable bonds is 11. The highest BCUT2D eigenvalue weighted by Gasteiger charge is 2.27. The summed E-state index contributed by atoms with van der Waals surface area (Å²) in [4.78, 5) is 25.1. The van der Waals surface area contributed by atoms with Gasteiger partial charge in [0.15, 0.2) is 0 Å². The fraction of sp³-hybridized carbons (Fsp3) is 0.548. The van der Waals surface area contributed by atoms with Crippen LogP contribution in [-0.4, -0.2) is 18.0 Å². The summed E-state index contributed by atoms with van der Waals surface area (Å²) >= 11 is 0. The lowest BCUT2D eigenvalue weighted by molar-refractivity contribution is -0.140. The van der Waals surface area contributed by atoms with Crippen molar-refractivity contribution in [3.8, 4) is 16.9 Å². The van der Waals surface area contributed by atoms with Gasteiger partial charge < -0.3 is 9.47 Å². The second-order valence-electron chi connectivity index (χ2n) is 10.2. The molecule has 190 valence electrons. The molecule has 1 saturated carbocycles. The van der Waals surface area contributed by atoms with Gasteiger partial charge in [-0.25, -0.2) is 4.79 Å². The lowest BCUT2D eigenvalue weighted by Crippen LogP contribution is -2.25. The largest absolute Gasteiger partial charge is 0.459 e. The van der Waals surface area contributed by atoms with E-state index in [1.165, 1.54) is 12.8 Å². The molecule has 0 N–H and O–H groups in total. The van der Waals surface area contributed by atoms with Gasteiger partial charge in [0, 0.05) is 0 Å². The molecule has 0 radical (unpaired) electrons. The molecule has 2 aromatic rings. The molecule has 0 aromatic heterocycles. The predicted molar refractivity (Wildman–Crippen MR) is 141 cm³/mol. The molecule has 0 saturated heterocycles. The number of hydrogen-bond donors (Lipinski definition) is 0. The summed E-state index contributed by atoms with van der Waals surface area (Å²) in [7, 11) is 0. The third kappa shape index (κ3) is 7.95. The van der Waals surface area contributed by atoms with Gasteiger partial charge in [-0.2, -0.15) is 0 Å². The molecule has 0 bridgehead atoms. The van der Waals surface area contributed by atoms with Gasteiger partial charge in [0.05, 0.1) is 17.6 Å². The van der Waals surface area contributed by atoms with Crippen molar-refractivity contribution in [1.82, 2.24) is 0 Å². The van der Waals surface area contributed by atoms with Crippen LogP contribution in [0.4, 0.5) is 0 Å². The van der Waals surface area contributed by atoms with Crippen LogP contribution in [0.15, 0.2) is 48.5 Å². The molecular formula is C31H42O4. The molecule has 1 fully saturated rings. The van der Waals surface area contributed by atoms with Gasteiger partial charge in [0.2, 0.25) is 0 Å². The maximum absolute atomic E-state index is 12.6. The number of carbonyl (C=O) groups excluding carboxylic acids is 2. The Bertz CT molecular complexity index is 919. The monoisotopic (exact) mass is 478 g/mol. The Labute approximate surface area is 211 Å². The standard InChI is InChI=1S/C31H42O4/c1-5-8-24-9-11-27(12-10-24)31(33)35-29-19-17-26(18-20-29)25-13-15-28(16-14-25)30(32)34-22(4)21-23(6-2)7-3/h13-20,22-24,27H,5-12,21H2,1-4H3/t22-,24?,27?/m1/s1. The Kier molecular flexibility index (Phi) is 10.4. The van der Waals surface area contributed by atoms with Crippen LogP contribution in [0.1, 0.15) is 95.8 Å². The minimum atomic E-state index is -0.277. The molecule has 4 heteroatoms. The highest BCUT2D eigenvalue weighted by molar-refractivity contribution is 5.90. The van der Waals surface area contributed by atoms with Crippen molar-refractivity contribution in [3.05, 3.63) is 54.1 Å². The van der Waals surface area contributed by atoms with Gasteiger partial charge in [0.25, 0.3) is 0 Å². The smallest absolute Gasteiger partial charge is 0.338 e. The van der Waals surface area contributed by atoms with Crippen molar-refractivity contribution < 1.29 is 19.1 Å². The quantitative estimate of drug-likeness (QED) is 0.241. The number of carbonyl (C=O) groups is 2. The average Bonchev–Trinajstić information content (AvgIpc) is 2.88. The molecule has 4 nitrogen and oxygen atoms in total. The van der Waals surface area contributed by atoms with E-state index in [2.05, 4.69) is 20.8 Å². The number of hydrogen-bond acceptors (Lipinski definition) is 4. The lowest BCUT2D eigenvalue weighted by Gasteiger charge is -2.26. The predicted octanol–water partition coefficient (Wildman–Crippen LogP) is 8.24. The summed E-state index contributed by atoms with van der Waals surface area (Å²) in [5, 5.41) is 0. The van der Waals surface area contributed by atoms with Crippen molar-refractivity contribution in [1.29, 1.82) is 0 Å². The Balaban J connectivity index is 1.52. The zero-order valence-electron chi connectivity index (χ0n) is 21.9. The summed E-state index contributed by atoms with van der Waals surface area (Å²) in [6.07, 6.45) is 9.64. The number of esters is 2. The van der Waals surface area contributed by atoms with E-state index in [0.717, 1.165) is 62.0 Å². The third-order valence-corrected chi connectivity index (χ3v) is 7.53. The minimum Gasteiger partial charge on any atom is -0.459 e. The topological polar surface area (TPSA) is 52.6 Å². The maximum Gasteiger partial charge on any atom is 0.338 e. The van der Waals surface area contributed by atoms with Crippen molar-refractivity contribution in [3.63, 3.8) is 0 Å². The molecule has 0 amide bonds. The van der Waals surface area contributed by atoms with Crippen LogP contribution < -0.4 is 4.74 Å². The fourth-order valence-corrected chi connectivity index (χ4v) is 5.20. The van der Waals surface area contributed by atoms with E-state index in [1.807, 2.05) is 55.5 Å². The third-order valence-electron chi connectivity index (χ3n) is 7.53. The Morgan fingerprint density at radius 3 is 1.97 bits per heavy atom. The Morgan fingerprint density at radius 2 is 1.43 bits per heavy atom. The molecule has 3 rings (SSSR count). The molecule has 0 aliphatic heterocycles. The van der Waals surface area contributed by atoms with E-state index >= 15 is 0 Å². The number of benzene rings is 2. The van der Waals surface area contributed by atoms with Gasteiger partial charge in [-0.1, -0.05) is 70.7 Å². The summed E-state index contributed by atoms with van der Waals surface area (Å²) in [5.74, 6) is 1.58. The van der Waals surface area contributed by atoms with E-state index in [0.29, 0.717) is 17.2 Å². The first-order chi connectivity index (χ1) is 16.9. The van der Waals surface area contributed by atoms with Gasteiger partial charge in [0.1, 0.15) is 5.75 Å². The zero-order valence-corrected chi connectivity index (χ0v) is 21.9.